The van der Waals surface area contributed by atoms with E-state index in [1.54, 1.807) is 23.1 Å². The monoisotopic (exact) mass is 435 g/mol. The second-order valence-corrected chi connectivity index (χ2v) is 9.25. The first-order valence-corrected chi connectivity index (χ1v) is 11.1. The molecule has 0 bridgehead atoms. The highest BCUT2D eigenvalue weighted by atomic mass is 35.5. The standard InChI is InChI=1S/C21H25N3O3S.ClH/c1-16-15-22-11-13-23(16)21(25)18-7-4-9-19(14-18)28(26,27)24-12-5-8-17-6-2-3-10-20(17)24;/h2-4,6-7,9-10,14,16,22H,5,8,11-13,15H2,1H3;1H/t16-;/m1./s1. The molecule has 29 heavy (non-hydrogen) atoms. The summed E-state index contributed by atoms with van der Waals surface area (Å²) in [5, 5.41) is 3.26. The van der Waals surface area contributed by atoms with E-state index < -0.39 is 10.0 Å². The molecule has 2 aromatic rings. The molecule has 0 aliphatic carbocycles. The highest BCUT2D eigenvalue weighted by molar-refractivity contribution is 7.92. The number of nitrogens with zero attached hydrogens (tertiary/aromatic N) is 2. The number of nitrogens with one attached hydrogen (secondary N) is 1. The summed E-state index contributed by atoms with van der Waals surface area (Å²) in [6, 6.07) is 14.1. The van der Waals surface area contributed by atoms with Crippen LogP contribution in [0.3, 0.4) is 0 Å². The Bertz CT molecular complexity index is 996. The van der Waals surface area contributed by atoms with Gasteiger partial charge in [0, 0.05) is 37.8 Å². The van der Waals surface area contributed by atoms with Crippen molar-refractivity contribution in [3.8, 4) is 0 Å². The molecule has 1 saturated heterocycles. The molecule has 6 nitrogen and oxygen atoms in total. The van der Waals surface area contributed by atoms with Crippen LogP contribution in [0, 0.1) is 0 Å². The minimum Gasteiger partial charge on any atom is -0.333 e. The minimum absolute atomic E-state index is 0. The number of amides is 1. The number of rotatable bonds is 3. The zero-order valence-electron chi connectivity index (χ0n) is 16.4. The van der Waals surface area contributed by atoms with E-state index >= 15 is 0 Å². The summed E-state index contributed by atoms with van der Waals surface area (Å²) in [4.78, 5) is 14.9. The van der Waals surface area contributed by atoms with Crippen molar-refractivity contribution in [2.45, 2.75) is 30.7 Å². The van der Waals surface area contributed by atoms with Crippen molar-refractivity contribution >= 4 is 34.0 Å². The van der Waals surface area contributed by atoms with Gasteiger partial charge in [-0.2, -0.15) is 0 Å². The molecule has 0 aromatic heterocycles. The number of hydrogen-bond acceptors (Lipinski definition) is 4. The average molecular weight is 436 g/mol. The Morgan fingerprint density at radius 3 is 2.69 bits per heavy atom. The summed E-state index contributed by atoms with van der Waals surface area (Å²) in [5.74, 6) is -0.120. The Balaban J connectivity index is 0.00000240. The zero-order valence-corrected chi connectivity index (χ0v) is 18.0. The predicted octanol–water partition coefficient (Wildman–Crippen LogP) is 2.68. The van der Waals surface area contributed by atoms with Crippen LogP contribution in [-0.4, -0.2) is 51.4 Å². The number of aryl methyl sites for hydroxylation is 1. The molecule has 0 saturated carbocycles. The number of para-hydroxylation sites is 1. The van der Waals surface area contributed by atoms with Crippen molar-refractivity contribution in [1.29, 1.82) is 0 Å². The summed E-state index contributed by atoms with van der Waals surface area (Å²) in [6.07, 6.45) is 1.66. The molecular formula is C21H26ClN3O3S. The van der Waals surface area contributed by atoms with Gasteiger partial charge in [0.1, 0.15) is 0 Å². The van der Waals surface area contributed by atoms with E-state index in [1.807, 2.05) is 31.2 Å². The van der Waals surface area contributed by atoms with Gasteiger partial charge in [-0.3, -0.25) is 9.10 Å². The van der Waals surface area contributed by atoms with E-state index in [0.717, 1.165) is 37.2 Å². The van der Waals surface area contributed by atoms with E-state index in [9.17, 15) is 13.2 Å². The van der Waals surface area contributed by atoms with Crippen molar-refractivity contribution in [2.75, 3.05) is 30.5 Å². The molecule has 156 valence electrons. The summed E-state index contributed by atoms with van der Waals surface area (Å²) in [7, 11) is -3.73. The maximum absolute atomic E-state index is 13.4. The molecule has 1 fully saturated rings. The molecule has 0 spiro atoms. The van der Waals surface area contributed by atoms with Gasteiger partial charge in [-0.15, -0.1) is 12.4 Å². The molecule has 2 heterocycles. The van der Waals surface area contributed by atoms with Gasteiger partial charge < -0.3 is 10.2 Å². The third kappa shape index (κ3) is 4.13. The average Bonchev–Trinajstić information content (AvgIpc) is 2.73. The van der Waals surface area contributed by atoms with Crippen LogP contribution < -0.4 is 9.62 Å². The van der Waals surface area contributed by atoms with Crippen LogP contribution >= 0.6 is 12.4 Å². The summed E-state index contributed by atoms with van der Waals surface area (Å²) < 4.78 is 28.2. The lowest BCUT2D eigenvalue weighted by Crippen LogP contribution is -2.52. The summed E-state index contributed by atoms with van der Waals surface area (Å²) in [6.45, 7) is 4.56. The van der Waals surface area contributed by atoms with Crippen molar-refractivity contribution in [1.82, 2.24) is 10.2 Å². The molecule has 0 radical (unpaired) electrons. The lowest BCUT2D eigenvalue weighted by Gasteiger charge is -2.34. The van der Waals surface area contributed by atoms with Gasteiger partial charge in [0.25, 0.3) is 15.9 Å². The Kier molecular flexibility index (Phi) is 6.51. The van der Waals surface area contributed by atoms with Gasteiger partial charge in [-0.05, 0) is 49.6 Å². The maximum Gasteiger partial charge on any atom is 0.264 e. The zero-order chi connectivity index (χ0) is 19.7. The first kappa shape index (κ1) is 21.6. The Labute approximate surface area is 178 Å². The molecule has 2 aromatic carbocycles. The molecule has 1 N–H and O–H groups in total. The number of carbonyl (C=O) groups is 1. The Morgan fingerprint density at radius 2 is 1.90 bits per heavy atom. The normalized spacial score (nSPS) is 19.3. The first-order valence-electron chi connectivity index (χ1n) is 9.71. The number of hydrogen-bond donors (Lipinski definition) is 1. The number of sulfonamides is 1. The lowest BCUT2D eigenvalue weighted by molar-refractivity contribution is 0.0655. The molecule has 1 atom stereocenters. The van der Waals surface area contributed by atoms with Gasteiger partial charge in [-0.1, -0.05) is 24.3 Å². The molecule has 2 aliphatic rings. The molecule has 0 unspecified atom stereocenters. The van der Waals surface area contributed by atoms with Crippen molar-refractivity contribution in [3.63, 3.8) is 0 Å². The number of benzene rings is 2. The van der Waals surface area contributed by atoms with Gasteiger partial charge in [0.2, 0.25) is 0 Å². The molecule has 8 heteroatoms. The number of anilines is 1. The smallest absolute Gasteiger partial charge is 0.264 e. The van der Waals surface area contributed by atoms with Crippen LogP contribution in [0.2, 0.25) is 0 Å². The van der Waals surface area contributed by atoms with E-state index in [2.05, 4.69) is 5.32 Å². The Morgan fingerprint density at radius 1 is 1.10 bits per heavy atom. The molecule has 4 rings (SSSR count). The number of halogens is 1. The van der Waals surface area contributed by atoms with Gasteiger partial charge in [-0.25, -0.2) is 8.42 Å². The van der Waals surface area contributed by atoms with Crippen LogP contribution in [0.1, 0.15) is 29.3 Å². The largest absolute Gasteiger partial charge is 0.333 e. The Hall–Kier alpha value is -2.09. The van der Waals surface area contributed by atoms with E-state index in [1.165, 1.54) is 10.4 Å². The van der Waals surface area contributed by atoms with Crippen LogP contribution in [0.15, 0.2) is 53.4 Å². The quantitative estimate of drug-likeness (QED) is 0.804. The van der Waals surface area contributed by atoms with Gasteiger partial charge in [0.05, 0.1) is 10.6 Å². The van der Waals surface area contributed by atoms with E-state index in [0.29, 0.717) is 18.7 Å². The van der Waals surface area contributed by atoms with E-state index in [4.69, 9.17) is 0 Å². The van der Waals surface area contributed by atoms with Gasteiger partial charge >= 0.3 is 0 Å². The topological polar surface area (TPSA) is 69.7 Å². The fourth-order valence-corrected chi connectivity index (χ4v) is 5.56. The number of piperazine rings is 1. The molecule has 1 amide bonds. The van der Waals surface area contributed by atoms with Crippen molar-refractivity contribution in [3.05, 3.63) is 59.7 Å². The third-order valence-corrected chi connectivity index (χ3v) is 7.31. The minimum atomic E-state index is -3.73. The van der Waals surface area contributed by atoms with Crippen LogP contribution in [0.5, 0.6) is 0 Å². The first-order chi connectivity index (χ1) is 13.5. The van der Waals surface area contributed by atoms with Crippen LogP contribution in [0.25, 0.3) is 0 Å². The number of fused-ring (bicyclic) bond motifs is 1. The summed E-state index contributed by atoms with van der Waals surface area (Å²) in [5.41, 5.74) is 2.19. The van der Waals surface area contributed by atoms with Crippen molar-refractivity contribution in [2.24, 2.45) is 0 Å². The SMILES string of the molecule is C[C@@H]1CNCCN1C(=O)c1cccc(S(=O)(=O)N2CCCc3ccccc32)c1.Cl. The highest BCUT2D eigenvalue weighted by Gasteiger charge is 2.30. The van der Waals surface area contributed by atoms with Crippen LogP contribution in [-0.2, 0) is 16.4 Å². The number of carbonyl (C=O) groups excluding carboxylic acids is 1. The fraction of sp³-hybridized carbons (Fsp3) is 0.381. The van der Waals surface area contributed by atoms with Gasteiger partial charge in [0.15, 0.2) is 0 Å². The summed E-state index contributed by atoms with van der Waals surface area (Å²) >= 11 is 0. The van der Waals surface area contributed by atoms with Crippen molar-refractivity contribution < 1.29 is 13.2 Å². The maximum atomic E-state index is 13.4. The third-order valence-electron chi connectivity index (χ3n) is 5.50. The van der Waals surface area contributed by atoms with E-state index in [-0.39, 0.29) is 29.3 Å². The second kappa shape index (κ2) is 8.73. The predicted molar refractivity (Wildman–Crippen MR) is 116 cm³/mol. The van der Waals surface area contributed by atoms with Crippen LogP contribution in [0.4, 0.5) is 5.69 Å². The molecular weight excluding hydrogens is 410 g/mol. The highest BCUT2D eigenvalue weighted by Crippen LogP contribution is 2.32. The second-order valence-electron chi connectivity index (χ2n) is 7.39. The lowest BCUT2D eigenvalue weighted by atomic mass is 10.0. The molecule has 2 aliphatic heterocycles. The fourth-order valence-electron chi connectivity index (χ4n) is 3.97.